The Bertz CT molecular complexity index is 391. The molecule has 1 fully saturated rings. The molecule has 2 rings (SSSR count). The van der Waals surface area contributed by atoms with Crippen molar-refractivity contribution in [2.45, 2.75) is 19.1 Å². The number of hydrogen-bond donors (Lipinski definition) is 2. The summed E-state index contributed by atoms with van der Waals surface area (Å²) in [6, 6.07) is 3.67. The van der Waals surface area contributed by atoms with Crippen LogP contribution in [0.5, 0.6) is 5.88 Å². The summed E-state index contributed by atoms with van der Waals surface area (Å²) in [5, 5.41) is 17.7. The lowest BCUT2D eigenvalue weighted by Crippen LogP contribution is -2.25. The number of aromatic nitrogens is 1. The molecule has 1 aliphatic rings. The average molecular weight is 252 g/mol. The number of hydrogen-bond acceptors (Lipinski definition) is 6. The highest BCUT2D eigenvalue weighted by molar-refractivity contribution is 6.33. The molecule has 0 radical (unpaired) electrons. The third kappa shape index (κ3) is 3.42. The van der Waals surface area contributed by atoms with Gasteiger partial charge in [-0.1, -0.05) is 6.07 Å². The summed E-state index contributed by atoms with van der Waals surface area (Å²) in [4.78, 5) is 6.22. The summed E-state index contributed by atoms with van der Waals surface area (Å²) in [5.74, 6) is 0.258. The Morgan fingerprint density at radius 1 is 1.56 bits per heavy atom. The lowest BCUT2D eigenvalue weighted by Gasteiger charge is -2.17. The second-order valence-corrected chi connectivity index (χ2v) is 4.29. The molecule has 1 aromatic rings. The molecule has 1 aliphatic heterocycles. The molecule has 2 N–H and O–H groups in total. The lowest BCUT2D eigenvalue weighted by atomic mass is 10.2. The van der Waals surface area contributed by atoms with Crippen molar-refractivity contribution in [3.63, 3.8) is 0 Å². The van der Waals surface area contributed by atoms with Crippen LogP contribution in [0.3, 0.4) is 0 Å². The molecule has 6 nitrogen and oxygen atoms in total. The van der Waals surface area contributed by atoms with Crippen LogP contribution in [0.4, 0.5) is 0 Å². The van der Waals surface area contributed by atoms with Gasteiger partial charge in [0.2, 0.25) is 5.88 Å². The van der Waals surface area contributed by atoms with Crippen LogP contribution < -0.4 is 4.65 Å². The predicted molar refractivity (Wildman–Crippen MR) is 65.7 cm³/mol. The molecule has 0 saturated carbocycles. The van der Waals surface area contributed by atoms with Gasteiger partial charge in [-0.3, -0.25) is 4.90 Å². The van der Waals surface area contributed by atoms with Crippen molar-refractivity contribution in [2.24, 2.45) is 0 Å². The van der Waals surface area contributed by atoms with Gasteiger partial charge in [0.1, 0.15) is 0 Å². The van der Waals surface area contributed by atoms with Crippen LogP contribution in [0.1, 0.15) is 12.0 Å². The van der Waals surface area contributed by atoms with Crippen LogP contribution in [-0.2, 0) is 11.3 Å². The maximum absolute atomic E-state index is 8.83. The molecule has 0 amide bonds. The highest BCUT2D eigenvalue weighted by Crippen LogP contribution is 2.20. The Hall–Kier alpha value is -1.15. The first kappa shape index (κ1) is 13.3. The SMILES string of the molecule is COC1CCN(Cc2cccnc2OB(O)O)C1. The molecule has 18 heavy (non-hydrogen) atoms. The fourth-order valence-electron chi connectivity index (χ4n) is 2.12. The zero-order chi connectivity index (χ0) is 13.0. The summed E-state index contributed by atoms with van der Waals surface area (Å²) < 4.78 is 10.2. The molecule has 0 aliphatic carbocycles. The number of ether oxygens (including phenoxy) is 1. The van der Waals surface area contributed by atoms with Crippen molar-refractivity contribution in [3.05, 3.63) is 23.9 Å². The van der Waals surface area contributed by atoms with Crippen molar-refractivity contribution >= 4 is 7.32 Å². The Balaban J connectivity index is 2.00. The molecule has 1 unspecified atom stereocenters. The summed E-state index contributed by atoms with van der Waals surface area (Å²) in [7, 11) is -0.126. The van der Waals surface area contributed by atoms with Gasteiger partial charge in [-0.2, -0.15) is 0 Å². The number of nitrogens with zero attached hydrogens (tertiary/aromatic N) is 2. The molecule has 0 spiro atoms. The maximum atomic E-state index is 8.83. The second kappa shape index (κ2) is 6.15. The van der Waals surface area contributed by atoms with Crippen molar-refractivity contribution in [1.82, 2.24) is 9.88 Å². The minimum atomic E-state index is -1.84. The topological polar surface area (TPSA) is 75.1 Å². The summed E-state index contributed by atoms with van der Waals surface area (Å²) in [6.07, 6.45) is 2.84. The number of pyridine rings is 1. The third-order valence-electron chi connectivity index (χ3n) is 3.02. The third-order valence-corrected chi connectivity index (χ3v) is 3.02. The fraction of sp³-hybridized carbons (Fsp3) is 0.545. The predicted octanol–water partition coefficient (Wildman–Crippen LogP) is -0.349. The van der Waals surface area contributed by atoms with Crippen LogP contribution in [0.25, 0.3) is 0 Å². The Kier molecular flexibility index (Phi) is 4.54. The molecule has 98 valence electrons. The van der Waals surface area contributed by atoms with Crippen LogP contribution >= 0.6 is 0 Å². The first-order valence-electron chi connectivity index (χ1n) is 5.91. The van der Waals surface area contributed by atoms with E-state index < -0.39 is 7.32 Å². The monoisotopic (exact) mass is 252 g/mol. The first-order chi connectivity index (χ1) is 8.69. The Morgan fingerprint density at radius 3 is 3.06 bits per heavy atom. The standard InChI is InChI=1S/C11H17BN2O4/c1-17-10-4-6-14(8-10)7-9-3-2-5-13-11(9)18-12(15)16/h2-3,5,10,15-16H,4,6-8H2,1H3. The van der Waals surface area contributed by atoms with E-state index in [1.165, 1.54) is 0 Å². The van der Waals surface area contributed by atoms with E-state index in [9.17, 15) is 0 Å². The normalized spacial score (nSPS) is 20.1. The van der Waals surface area contributed by atoms with Gasteiger partial charge in [-0.15, -0.1) is 0 Å². The van der Waals surface area contributed by atoms with E-state index in [1.807, 2.05) is 6.07 Å². The van der Waals surface area contributed by atoms with E-state index in [4.69, 9.17) is 19.4 Å². The zero-order valence-electron chi connectivity index (χ0n) is 10.3. The van der Waals surface area contributed by atoms with E-state index >= 15 is 0 Å². The first-order valence-corrected chi connectivity index (χ1v) is 5.91. The zero-order valence-corrected chi connectivity index (χ0v) is 10.3. The summed E-state index contributed by atoms with van der Waals surface area (Å²) in [5.41, 5.74) is 0.836. The van der Waals surface area contributed by atoms with Gasteiger partial charge in [0.25, 0.3) is 0 Å². The van der Waals surface area contributed by atoms with Gasteiger partial charge in [0.05, 0.1) is 6.10 Å². The number of methoxy groups -OCH3 is 1. The van der Waals surface area contributed by atoms with Gasteiger partial charge in [-0.05, 0) is 12.5 Å². The maximum Gasteiger partial charge on any atom is 0.708 e. The second-order valence-electron chi connectivity index (χ2n) is 4.29. The molecule has 1 aromatic heterocycles. The average Bonchev–Trinajstić information content (AvgIpc) is 2.79. The van der Waals surface area contributed by atoms with Gasteiger partial charge in [0, 0.05) is 38.5 Å². The molecule has 0 aromatic carbocycles. The van der Waals surface area contributed by atoms with Crippen molar-refractivity contribution < 1.29 is 19.4 Å². The summed E-state index contributed by atoms with van der Waals surface area (Å²) in [6.45, 7) is 2.48. The van der Waals surface area contributed by atoms with Gasteiger partial charge < -0.3 is 19.4 Å². The van der Waals surface area contributed by atoms with E-state index in [1.54, 1.807) is 19.4 Å². The van der Waals surface area contributed by atoms with Gasteiger partial charge >= 0.3 is 7.32 Å². The van der Waals surface area contributed by atoms with Crippen LogP contribution in [-0.4, -0.2) is 53.6 Å². The molecule has 1 atom stereocenters. The molecule has 0 bridgehead atoms. The van der Waals surface area contributed by atoms with E-state index in [0.29, 0.717) is 6.54 Å². The van der Waals surface area contributed by atoms with Gasteiger partial charge in [0.15, 0.2) is 0 Å². The van der Waals surface area contributed by atoms with Crippen LogP contribution in [0, 0.1) is 0 Å². The summed E-state index contributed by atoms with van der Waals surface area (Å²) >= 11 is 0. The van der Waals surface area contributed by atoms with Crippen molar-refractivity contribution in [3.8, 4) is 5.88 Å². The number of likely N-dealkylation sites (tertiary alicyclic amines) is 1. The van der Waals surface area contributed by atoms with E-state index in [-0.39, 0.29) is 12.0 Å². The van der Waals surface area contributed by atoms with Crippen molar-refractivity contribution in [2.75, 3.05) is 20.2 Å². The molecular weight excluding hydrogens is 235 g/mol. The molecule has 2 heterocycles. The molecule has 1 saturated heterocycles. The minimum Gasteiger partial charge on any atom is -0.497 e. The van der Waals surface area contributed by atoms with E-state index in [0.717, 1.165) is 25.1 Å². The van der Waals surface area contributed by atoms with E-state index in [2.05, 4.69) is 9.88 Å². The molecule has 7 heteroatoms. The minimum absolute atomic E-state index is 0.258. The lowest BCUT2D eigenvalue weighted by molar-refractivity contribution is 0.107. The van der Waals surface area contributed by atoms with Gasteiger partial charge in [-0.25, -0.2) is 4.98 Å². The smallest absolute Gasteiger partial charge is 0.497 e. The molecular formula is C11H17BN2O4. The highest BCUT2D eigenvalue weighted by atomic mass is 16.6. The highest BCUT2D eigenvalue weighted by Gasteiger charge is 2.23. The quantitative estimate of drug-likeness (QED) is 0.698. The van der Waals surface area contributed by atoms with Crippen LogP contribution in [0.15, 0.2) is 18.3 Å². The fourth-order valence-corrected chi connectivity index (χ4v) is 2.12. The number of rotatable bonds is 5. The van der Waals surface area contributed by atoms with Crippen molar-refractivity contribution in [1.29, 1.82) is 0 Å². The largest absolute Gasteiger partial charge is 0.708 e. The van der Waals surface area contributed by atoms with Crippen LogP contribution in [0.2, 0.25) is 0 Å². The Labute approximate surface area is 106 Å². The Morgan fingerprint density at radius 2 is 2.39 bits per heavy atom.